The summed E-state index contributed by atoms with van der Waals surface area (Å²) in [5.41, 5.74) is 3.24. The highest BCUT2D eigenvalue weighted by Crippen LogP contribution is 2.43. The first-order valence-corrected chi connectivity index (χ1v) is 12.3. The minimum Gasteiger partial charge on any atom is -0.353 e. The molecule has 1 aliphatic rings. The van der Waals surface area contributed by atoms with Crippen molar-refractivity contribution < 1.29 is 9.59 Å². The number of allylic oxidation sites excluding steroid dienone is 2. The first-order valence-electron chi connectivity index (χ1n) is 10.9. The number of thioether (sulfide) groups is 1. The SMILES string of the molecule is CC1=C(C(=O)Nc2ccccc2)C(c2ccccc2Cl)C(C#N)=C(SCC(=O)c2ccccc2)N1. The van der Waals surface area contributed by atoms with Gasteiger partial charge in [0.15, 0.2) is 5.78 Å². The van der Waals surface area contributed by atoms with Crippen LogP contribution in [0, 0.1) is 11.3 Å². The second kappa shape index (κ2) is 11.1. The summed E-state index contributed by atoms with van der Waals surface area (Å²) in [6.45, 7) is 1.79. The zero-order chi connectivity index (χ0) is 24.8. The Balaban J connectivity index is 1.71. The number of benzene rings is 3. The molecule has 0 saturated carbocycles. The van der Waals surface area contributed by atoms with Crippen LogP contribution in [0.25, 0.3) is 0 Å². The van der Waals surface area contributed by atoms with Crippen LogP contribution in [-0.2, 0) is 4.79 Å². The van der Waals surface area contributed by atoms with Crippen molar-refractivity contribution in [1.82, 2.24) is 5.32 Å². The first kappa shape index (κ1) is 24.3. The number of rotatable bonds is 7. The largest absolute Gasteiger partial charge is 0.353 e. The number of hydrogen-bond donors (Lipinski definition) is 2. The van der Waals surface area contributed by atoms with Gasteiger partial charge in [-0.1, -0.05) is 90.1 Å². The zero-order valence-electron chi connectivity index (χ0n) is 18.9. The van der Waals surface area contributed by atoms with Gasteiger partial charge in [-0.25, -0.2) is 0 Å². The Hall–Kier alpha value is -3.79. The lowest BCUT2D eigenvalue weighted by molar-refractivity contribution is -0.113. The molecule has 0 bridgehead atoms. The Bertz CT molecular complexity index is 1360. The normalized spacial score (nSPS) is 15.3. The molecule has 0 saturated heterocycles. The van der Waals surface area contributed by atoms with Gasteiger partial charge >= 0.3 is 0 Å². The van der Waals surface area contributed by atoms with Crippen molar-refractivity contribution in [3.05, 3.63) is 123 Å². The number of nitrogens with zero attached hydrogens (tertiary/aromatic N) is 1. The number of para-hydroxylation sites is 1. The number of anilines is 1. The molecule has 7 heteroatoms. The molecular formula is C28H22ClN3O2S. The topological polar surface area (TPSA) is 82.0 Å². The zero-order valence-corrected chi connectivity index (χ0v) is 20.5. The maximum absolute atomic E-state index is 13.4. The molecule has 5 nitrogen and oxygen atoms in total. The number of hydrogen-bond acceptors (Lipinski definition) is 5. The summed E-state index contributed by atoms with van der Waals surface area (Å²) in [5, 5.41) is 17.3. The van der Waals surface area contributed by atoms with Gasteiger partial charge in [0.05, 0.1) is 28.3 Å². The number of ketones is 1. The lowest BCUT2D eigenvalue weighted by atomic mass is 9.82. The van der Waals surface area contributed by atoms with Gasteiger partial charge in [0.25, 0.3) is 5.91 Å². The van der Waals surface area contributed by atoms with E-state index in [2.05, 4.69) is 16.7 Å². The van der Waals surface area contributed by atoms with Crippen LogP contribution in [0.4, 0.5) is 5.69 Å². The van der Waals surface area contributed by atoms with Gasteiger partial charge in [-0.3, -0.25) is 9.59 Å². The molecule has 1 unspecified atom stereocenters. The van der Waals surface area contributed by atoms with E-state index in [-0.39, 0.29) is 17.4 Å². The van der Waals surface area contributed by atoms with E-state index >= 15 is 0 Å². The van der Waals surface area contributed by atoms with Crippen LogP contribution in [0.15, 0.2) is 107 Å². The number of Topliss-reactive ketones (excluding diaryl/α,β-unsaturated/α-hetero) is 1. The second-order valence-electron chi connectivity index (χ2n) is 7.87. The van der Waals surface area contributed by atoms with E-state index in [1.807, 2.05) is 48.5 Å². The van der Waals surface area contributed by atoms with Crippen LogP contribution in [0.5, 0.6) is 0 Å². The van der Waals surface area contributed by atoms with Gasteiger partial charge < -0.3 is 10.6 Å². The maximum atomic E-state index is 13.4. The van der Waals surface area contributed by atoms with Gasteiger partial charge in [-0.2, -0.15) is 5.26 Å². The lowest BCUT2D eigenvalue weighted by Crippen LogP contribution is -2.31. The molecule has 0 radical (unpaired) electrons. The smallest absolute Gasteiger partial charge is 0.254 e. The third kappa shape index (κ3) is 5.48. The molecule has 1 amide bonds. The number of dihydropyridines is 1. The Morgan fingerprint density at radius 3 is 2.29 bits per heavy atom. The van der Waals surface area contributed by atoms with Crippen molar-refractivity contribution in [2.75, 3.05) is 11.1 Å². The fourth-order valence-corrected chi connectivity index (χ4v) is 5.14. The first-order chi connectivity index (χ1) is 17.0. The molecule has 3 aromatic rings. The molecule has 1 atom stereocenters. The Morgan fingerprint density at radius 2 is 1.63 bits per heavy atom. The van der Waals surface area contributed by atoms with Crippen LogP contribution in [0.2, 0.25) is 5.02 Å². The predicted molar refractivity (Wildman–Crippen MR) is 141 cm³/mol. The van der Waals surface area contributed by atoms with E-state index in [1.54, 1.807) is 43.3 Å². The molecule has 0 aromatic heterocycles. The number of amides is 1. The standard InChI is InChI=1S/C28H22ClN3O2S/c1-18-25(27(34)32-20-12-6-3-7-13-20)26(21-14-8-9-15-23(21)29)22(16-30)28(31-18)35-17-24(33)19-10-4-2-5-11-19/h2-15,26,31H,17H2,1H3,(H,32,34). The van der Waals surface area contributed by atoms with E-state index in [4.69, 9.17) is 11.6 Å². The van der Waals surface area contributed by atoms with Crippen LogP contribution >= 0.6 is 23.4 Å². The van der Waals surface area contributed by atoms with Gasteiger partial charge in [0.2, 0.25) is 0 Å². The van der Waals surface area contributed by atoms with Gasteiger partial charge in [-0.15, -0.1) is 0 Å². The van der Waals surface area contributed by atoms with Crippen molar-refractivity contribution >= 4 is 40.7 Å². The van der Waals surface area contributed by atoms with Crippen molar-refractivity contribution in [2.24, 2.45) is 0 Å². The minimum atomic E-state index is -0.687. The molecule has 1 heterocycles. The van der Waals surface area contributed by atoms with E-state index in [0.29, 0.717) is 43.7 Å². The van der Waals surface area contributed by atoms with Gasteiger partial charge in [0, 0.05) is 27.5 Å². The molecule has 1 aliphatic heterocycles. The van der Waals surface area contributed by atoms with Crippen LogP contribution < -0.4 is 10.6 Å². The Labute approximate surface area is 213 Å². The molecule has 2 N–H and O–H groups in total. The average molecular weight is 500 g/mol. The van der Waals surface area contributed by atoms with E-state index in [9.17, 15) is 14.9 Å². The molecule has 0 spiro atoms. The fraction of sp³-hybridized carbons (Fsp3) is 0.107. The minimum absolute atomic E-state index is 0.0502. The monoisotopic (exact) mass is 499 g/mol. The van der Waals surface area contributed by atoms with E-state index in [0.717, 1.165) is 0 Å². The lowest BCUT2D eigenvalue weighted by Gasteiger charge is -2.30. The summed E-state index contributed by atoms with van der Waals surface area (Å²) in [6, 6.07) is 27.6. The summed E-state index contributed by atoms with van der Waals surface area (Å²) in [7, 11) is 0. The molecule has 0 aliphatic carbocycles. The average Bonchev–Trinajstić information content (AvgIpc) is 2.88. The van der Waals surface area contributed by atoms with Crippen LogP contribution in [-0.4, -0.2) is 17.4 Å². The van der Waals surface area contributed by atoms with Crippen LogP contribution in [0.1, 0.15) is 28.8 Å². The maximum Gasteiger partial charge on any atom is 0.254 e. The molecule has 3 aromatic carbocycles. The summed E-state index contributed by atoms with van der Waals surface area (Å²) in [4.78, 5) is 26.1. The third-order valence-corrected chi connectivity index (χ3v) is 6.94. The summed E-state index contributed by atoms with van der Waals surface area (Å²) < 4.78 is 0. The molecular weight excluding hydrogens is 478 g/mol. The highest BCUT2D eigenvalue weighted by atomic mass is 35.5. The van der Waals surface area contributed by atoms with Crippen LogP contribution in [0.3, 0.4) is 0 Å². The highest BCUT2D eigenvalue weighted by molar-refractivity contribution is 8.03. The van der Waals surface area contributed by atoms with Crippen molar-refractivity contribution in [2.45, 2.75) is 12.8 Å². The number of halogens is 1. The van der Waals surface area contributed by atoms with Crippen molar-refractivity contribution in [3.8, 4) is 6.07 Å². The Kier molecular flexibility index (Phi) is 7.71. The van der Waals surface area contributed by atoms with Crippen molar-refractivity contribution in [1.29, 1.82) is 5.26 Å². The number of carbonyl (C=O) groups excluding carboxylic acids is 2. The second-order valence-corrected chi connectivity index (χ2v) is 9.26. The number of carbonyl (C=O) groups is 2. The van der Waals surface area contributed by atoms with Gasteiger partial charge in [0.1, 0.15) is 0 Å². The predicted octanol–water partition coefficient (Wildman–Crippen LogP) is 6.29. The van der Waals surface area contributed by atoms with E-state index < -0.39 is 5.92 Å². The third-order valence-electron chi connectivity index (χ3n) is 5.58. The Morgan fingerprint density at radius 1 is 1.00 bits per heavy atom. The van der Waals surface area contributed by atoms with E-state index in [1.165, 1.54) is 11.8 Å². The number of nitriles is 1. The van der Waals surface area contributed by atoms with Gasteiger partial charge in [-0.05, 0) is 30.7 Å². The summed E-state index contributed by atoms with van der Waals surface area (Å²) in [5.74, 6) is -0.923. The molecule has 35 heavy (non-hydrogen) atoms. The summed E-state index contributed by atoms with van der Waals surface area (Å²) >= 11 is 7.79. The molecule has 174 valence electrons. The quantitative estimate of drug-likeness (QED) is 0.373. The molecule has 0 fully saturated rings. The van der Waals surface area contributed by atoms with Crippen molar-refractivity contribution in [3.63, 3.8) is 0 Å². The fourth-order valence-electron chi connectivity index (χ4n) is 3.91. The molecule has 4 rings (SSSR count). The summed E-state index contributed by atoms with van der Waals surface area (Å²) in [6.07, 6.45) is 0. The number of nitrogens with one attached hydrogen (secondary N) is 2. The highest BCUT2D eigenvalue weighted by Gasteiger charge is 2.35.